The van der Waals surface area contributed by atoms with Crippen molar-refractivity contribution in [3.05, 3.63) is 59.4 Å². The van der Waals surface area contributed by atoms with E-state index in [4.69, 9.17) is 16.9 Å². The summed E-state index contributed by atoms with van der Waals surface area (Å²) in [5, 5.41) is 18.2. The number of anilines is 1. The fourth-order valence-corrected chi connectivity index (χ4v) is 2.09. The Bertz CT molecular complexity index is 770. The van der Waals surface area contributed by atoms with Crippen LogP contribution in [-0.4, -0.2) is 23.0 Å². The van der Waals surface area contributed by atoms with Crippen molar-refractivity contribution in [2.24, 2.45) is 4.99 Å². The Balaban J connectivity index is 2.03. The number of halogens is 1. The number of carbonyl (C=O) groups is 1. The Morgan fingerprint density at radius 1 is 1.32 bits per heavy atom. The van der Waals surface area contributed by atoms with Crippen LogP contribution in [0.25, 0.3) is 0 Å². The molecule has 0 bridgehead atoms. The van der Waals surface area contributed by atoms with Crippen molar-refractivity contribution < 1.29 is 4.79 Å². The van der Waals surface area contributed by atoms with Gasteiger partial charge < -0.3 is 16.0 Å². The van der Waals surface area contributed by atoms with E-state index in [-0.39, 0.29) is 11.9 Å². The van der Waals surface area contributed by atoms with E-state index in [1.165, 1.54) is 0 Å². The number of aromatic nitrogens is 1. The average molecular weight is 357 g/mol. The van der Waals surface area contributed by atoms with Gasteiger partial charge in [-0.1, -0.05) is 18.5 Å². The van der Waals surface area contributed by atoms with Crippen molar-refractivity contribution in [3.8, 4) is 6.19 Å². The molecule has 2 aromatic rings. The van der Waals surface area contributed by atoms with Gasteiger partial charge in [-0.2, -0.15) is 5.26 Å². The van der Waals surface area contributed by atoms with Crippen LogP contribution in [0.1, 0.15) is 23.7 Å². The third-order valence-electron chi connectivity index (χ3n) is 3.22. The van der Waals surface area contributed by atoms with Crippen molar-refractivity contribution in [2.75, 3.05) is 5.32 Å². The molecule has 1 amide bonds. The molecule has 0 radical (unpaired) electrons. The minimum atomic E-state index is -0.417. The van der Waals surface area contributed by atoms with Gasteiger partial charge in [0.2, 0.25) is 12.2 Å². The van der Waals surface area contributed by atoms with Crippen LogP contribution in [0.5, 0.6) is 0 Å². The van der Waals surface area contributed by atoms with Crippen LogP contribution in [0.2, 0.25) is 5.02 Å². The summed E-state index contributed by atoms with van der Waals surface area (Å²) >= 11 is 5.83. The maximum absolute atomic E-state index is 12.3. The highest BCUT2D eigenvalue weighted by Gasteiger charge is 2.14. The van der Waals surface area contributed by atoms with Crippen LogP contribution in [0.3, 0.4) is 0 Å². The Hall–Kier alpha value is -3.11. The molecule has 1 heterocycles. The summed E-state index contributed by atoms with van der Waals surface area (Å²) in [6, 6.07) is 10.1. The van der Waals surface area contributed by atoms with E-state index < -0.39 is 6.17 Å². The van der Waals surface area contributed by atoms with Crippen LogP contribution in [0, 0.1) is 11.5 Å². The molecule has 1 atom stereocenters. The highest BCUT2D eigenvalue weighted by molar-refractivity contribution is 6.30. The lowest BCUT2D eigenvalue weighted by atomic mass is 10.2. The minimum absolute atomic E-state index is 0.221. The quantitative estimate of drug-likeness (QED) is 0.331. The molecule has 0 aliphatic rings. The van der Waals surface area contributed by atoms with Crippen LogP contribution >= 0.6 is 11.6 Å². The summed E-state index contributed by atoms with van der Waals surface area (Å²) in [4.78, 5) is 20.0. The Morgan fingerprint density at radius 2 is 2.08 bits per heavy atom. The third kappa shape index (κ3) is 5.79. The number of guanidine groups is 1. The smallest absolute Gasteiger partial charge is 0.252 e. The maximum Gasteiger partial charge on any atom is 0.252 e. The first-order valence-corrected chi connectivity index (χ1v) is 7.97. The number of hydrogen-bond acceptors (Lipinski definition) is 4. The van der Waals surface area contributed by atoms with Gasteiger partial charge in [0.15, 0.2) is 0 Å². The number of nitriles is 1. The number of hydrogen-bond donors (Lipinski definition) is 3. The third-order valence-corrected chi connectivity index (χ3v) is 3.47. The van der Waals surface area contributed by atoms with Crippen LogP contribution in [-0.2, 0) is 0 Å². The molecule has 0 aliphatic carbocycles. The lowest BCUT2D eigenvalue weighted by Crippen LogP contribution is -2.49. The number of carbonyl (C=O) groups excluding carboxylic acids is 1. The molecule has 2 rings (SSSR count). The second kappa shape index (κ2) is 9.25. The van der Waals surface area contributed by atoms with Gasteiger partial charge >= 0.3 is 0 Å². The molecule has 25 heavy (non-hydrogen) atoms. The summed E-state index contributed by atoms with van der Waals surface area (Å²) in [5.74, 6) is -0.0348. The molecular formula is C17H17ClN6O. The van der Waals surface area contributed by atoms with Crippen molar-refractivity contribution in [2.45, 2.75) is 19.5 Å². The van der Waals surface area contributed by atoms with E-state index in [2.05, 4.69) is 25.9 Å². The molecule has 0 fully saturated rings. The van der Waals surface area contributed by atoms with Crippen LogP contribution in [0.15, 0.2) is 53.8 Å². The van der Waals surface area contributed by atoms with Crippen LogP contribution in [0.4, 0.5) is 5.69 Å². The second-order valence-electron chi connectivity index (χ2n) is 5.01. The largest absolute Gasteiger partial charge is 0.335 e. The topological polar surface area (TPSA) is 102 Å². The number of nitrogens with zero attached hydrogens (tertiary/aromatic N) is 3. The number of benzene rings is 1. The van der Waals surface area contributed by atoms with Gasteiger partial charge in [-0.25, -0.2) is 0 Å². The SMILES string of the molecule is CCC(NC(=O)c1ccc(Cl)cc1)N/C(=N\C#N)Nc1cccnc1. The van der Waals surface area contributed by atoms with Crippen LogP contribution < -0.4 is 16.0 Å². The van der Waals surface area contributed by atoms with Crippen molar-refractivity contribution in [3.63, 3.8) is 0 Å². The Kier molecular flexibility index (Phi) is 6.75. The lowest BCUT2D eigenvalue weighted by Gasteiger charge is -2.21. The zero-order chi connectivity index (χ0) is 18.1. The molecule has 0 spiro atoms. The predicted octanol–water partition coefficient (Wildman–Crippen LogP) is 2.74. The summed E-state index contributed by atoms with van der Waals surface area (Å²) in [6.45, 7) is 1.90. The molecule has 1 aromatic carbocycles. The number of nitrogens with one attached hydrogen (secondary N) is 3. The van der Waals surface area contributed by atoms with Crippen molar-refractivity contribution in [1.29, 1.82) is 5.26 Å². The molecule has 0 saturated carbocycles. The van der Waals surface area contributed by atoms with Crippen molar-refractivity contribution >= 4 is 29.2 Å². The van der Waals surface area contributed by atoms with Gasteiger partial charge in [-0.3, -0.25) is 9.78 Å². The molecule has 0 saturated heterocycles. The van der Waals surface area contributed by atoms with E-state index >= 15 is 0 Å². The monoisotopic (exact) mass is 356 g/mol. The predicted molar refractivity (Wildman–Crippen MR) is 97.0 cm³/mol. The summed E-state index contributed by atoms with van der Waals surface area (Å²) < 4.78 is 0. The van der Waals surface area contributed by atoms with E-state index in [0.717, 1.165) is 0 Å². The highest BCUT2D eigenvalue weighted by Crippen LogP contribution is 2.09. The van der Waals surface area contributed by atoms with E-state index in [0.29, 0.717) is 22.7 Å². The molecule has 3 N–H and O–H groups in total. The molecule has 1 aromatic heterocycles. The van der Waals surface area contributed by atoms with Gasteiger partial charge in [0.1, 0.15) is 6.17 Å². The molecule has 128 valence electrons. The fraction of sp³-hybridized carbons (Fsp3) is 0.176. The minimum Gasteiger partial charge on any atom is -0.335 e. The molecule has 7 nitrogen and oxygen atoms in total. The number of amides is 1. The normalized spacial score (nSPS) is 12.0. The molecule has 0 aliphatic heterocycles. The first-order valence-electron chi connectivity index (χ1n) is 7.59. The highest BCUT2D eigenvalue weighted by atomic mass is 35.5. The Morgan fingerprint density at radius 3 is 2.68 bits per heavy atom. The fourth-order valence-electron chi connectivity index (χ4n) is 1.97. The average Bonchev–Trinajstić information content (AvgIpc) is 2.62. The molecule has 8 heteroatoms. The van der Waals surface area contributed by atoms with E-state index in [9.17, 15) is 4.79 Å². The van der Waals surface area contributed by atoms with E-state index in [1.807, 2.05) is 6.92 Å². The van der Waals surface area contributed by atoms with Crippen molar-refractivity contribution in [1.82, 2.24) is 15.6 Å². The zero-order valence-corrected chi connectivity index (χ0v) is 14.3. The number of rotatable bonds is 5. The van der Waals surface area contributed by atoms with Gasteiger partial charge in [0.25, 0.3) is 5.91 Å². The standard InChI is InChI=1S/C17H17ClN6O/c1-2-15(23-16(25)12-5-7-13(18)8-6-12)24-17(21-11-19)22-14-4-3-9-20-10-14/h3-10,15H,2H2,1H3,(H,23,25)(H2,21,22,24). The summed E-state index contributed by atoms with van der Waals surface area (Å²) in [5.41, 5.74) is 1.16. The lowest BCUT2D eigenvalue weighted by molar-refractivity contribution is 0.0933. The van der Waals surface area contributed by atoms with Gasteiger partial charge in [0.05, 0.1) is 11.9 Å². The van der Waals surface area contributed by atoms with Gasteiger partial charge in [0, 0.05) is 16.8 Å². The number of aliphatic imine (C=N–C) groups is 1. The van der Waals surface area contributed by atoms with Gasteiger partial charge in [-0.05, 0) is 42.8 Å². The first kappa shape index (κ1) is 18.2. The second-order valence-corrected chi connectivity index (χ2v) is 5.45. The van der Waals surface area contributed by atoms with E-state index in [1.54, 1.807) is 55.0 Å². The zero-order valence-electron chi connectivity index (χ0n) is 13.5. The summed E-state index contributed by atoms with van der Waals surface area (Å²) in [6.07, 6.45) is 5.13. The van der Waals surface area contributed by atoms with Gasteiger partial charge in [-0.15, -0.1) is 4.99 Å². The number of pyridine rings is 1. The first-order chi connectivity index (χ1) is 12.1. The molecular weight excluding hydrogens is 340 g/mol. The Labute approximate surface area is 150 Å². The maximum atomic E-state index is 12.3. The molecule has 1 unspecified atom stereocenters. The summed E-state index contributed by atoms with van der Waals surface area (Å²) in [7, 11) is 0.